The number of rotatable bonds is 3. The zero-order valence-corrected chi connectivity index (χ0v) is 13.6. The molecule has 0 fully saturated rings. The molecule has 3 rings (SSSR count). The monoisotopic (exact) mass is 351 g/mol. The first-order chi connectivity index (χ1) is 11.3. The van der Waals surface area contributed by atoms with Gasteiger partial charge in [-0.3, -0.25) is 4.79 Å². The Hall–Kier alpha value is -2.28. The van der Waals surface area contributed by atoms with Gasteiger partial charge in [-0.1, -0.05) is 18.2 Å². The lowest BCUT2D eigenvalue weighted by Gasteiger charge is -2.23. The van der Waals surface area contributed by atoms with E-state index < -0.39 is 20.5 Å². The Balaban J connectivity index is 1.92. The highest BCUT2D eigenvalue weighted by Gasteiger charge is 2.32. The van der Waals surface area contributed by atoms with Crippen molar-refractivity contribution in [3.8, 4) is 0 Å². The first-order valence-electron chi connectivity index (χ1n) is 7.36. The molecule has 0 unspecified atom stereocenters. The standard InChI is InChI=1S/C17H15F2NO3S/c1-11-10-13-4-2-3-5-15(13)20(11)16(21)12-6-8-14(9-7-12)24(22,23)17(18)19/h2-9,11,17H,10H2,1H3/t11-/m1/s1. The molecule has 126 valence electrons. The number of alkyl halides is 2. The molecule has 1 heterocycles. The molecule has 1 aliphatic heterocycles. The molecule has 0 saturated carbocycles. The van der Waals surface area contributed by atoms with Gasteiger partial charge in [0.15, 0.2) is 0 Å². The van der Waals surface area contributed by atoms with E-state index in [2.05, 4.69) is 0 Å². The molecule has 2 aromatic rings. The number of amides is 1. The van der Waals surface area contributed by atoms with Crippen molar-refractivity contribution in [2.45, 2.75) is 30.0 Å². The predicted octanol–water partition coefficient (Wildman–Crippen LogP) is 3.27. The molecule has 1 aliphatic rings. The van der Waals surface area contributed by atoms with Crippen LogP contribution in [0.4, 0.5) is 14.5 Å². The molecule has 0 spiro atoms. The maximum absolute atomic E-state index is 12.7. The summed E-state index contributed by atoms with van der Waals surface area (Å²) in [6, 6.07) is 12.2. The molecule has 0 N–H and O–H groups in total. The van der Waals surface area contributed by atoms with E-state index in [4.69, 9.17) is 0 Å². The van der Waals surface area contributed by atoms with Gasteiger partial charge in [-0.15, -0.1) is 0 Å². The van der Waals surface area contributed by atoms with E-state index in [0.717, 1.165) is 29.8 Å². The van der Waals surface area contributed by atoms with E-state index in [9.17, 15) is 22.0 Å². The van der Waals surface area contributed by atoms with Crippen LogP contribution in [0.2, 0.25) is 0 Å². The van der Waals surface area contributed by atoms with Crippen LogP contribution in [0, 0.1) is 0 Å². The fourth-order valence-corrected chi connectivity index (χ4v) is 3.63. The van der Waals surface area contributed by atoms with Gasteiger partial charge in [0, 0.05) is 17.3 Å². The lowest BCUT2D eigenvalue weighted by Crippen LogP contribution is -2.35. The maximum Gasteiger partial charge on any atom is 0.341 e. The summed E-state index contributed by atoms with van der Waals surface area (Å²) in [4.78, 5) is 13.9. The second-order valence-corrected chi connectivity index (χ2v) is 7.60. The fourth-order valence-electron chi connectivity index (χ4n) is 2.90. The fraction of sp³-hybridized carbons (Fsp3) is 0.235. The molecular formula is C17H15F2NO3S. The molecule has 24 heavy (non-hydrogen) atoms. The van der Waals surface area contributed by atoms with E-state index in [1.165, 1.54) is 12.1 Å². The molecule has 7 heteroatoms. The molecular weight excluding hydrogens is 336 g/mol. The molecule has 0 saturated heterocycles. The molecule has 2 aromatic carbocycles. The van der Waals surface area contributed by atoms with E-state index in [1.807, 2.05) is 31.2 Å². The van der Waals surface area contributed by atoms with Gasteiger partial charge >= 0.3 is 5.76 Å². The van der Waals surface area contributed by atoms with Gasteiger partial charge in [0.1, 0.15) is 0 Å². The number of anilines is 1. The van der Waals surface area contributed by atoms with Gasteiger partial charge in [0.25, 0.3) is 5.91 Å². The summed E-state index contributed by atoms with van der Waals surface area (Å²) in [5.74, 6) is -3.77. The summed E-state index contributed by atoms with van der Waals surface area (Å²) < 4.78 is 48.0. The number of benzene rings is 2. The molecule has 0 aliphatic carbocycles. The number of hydrogen-bond donors (Lipinski definition) is 0. The Labute approximate surface area is 138 Å². The number of para-hydroxylation sites is 1. The summed E-state index contributed by atoms with van der Waals surface area (Å²) >= 11 is 0. The van der Waals surface area contributed by atoms with Crippen LogP contribution in [-0.4, -0.2) is 26.1 Å². The van der Waals surface area contributed by atoms with Gasteiger partial charge in [-0.2, -0.15) is 8.78 Å². The molecule has 0 aromatic heterocycles. The Kier molecular flexibility index (Phi) is 4.13. The van der Waals surface area contributed by atoms with Crippen LogP contribution in [0.25, 0.3) is 0 Å². The first-order valence-corrected chi connectivity index (χ1v) is 8.90. The Morgan fingerprint density at radius 1 is 1.12 bits per heavy atom. The molecule has 1 amide bonds. The van der Waals surface area contributed by atoms with Crippen LogP contribution in [0.3, 0.4) is 0 Å². The van der Waals surface area contributed by atoms with Crippen LogP contribution >= 0.6 is 0 Å². The topological polar surface area (TPSA) is 54.5 Å². The largest absolute Gasteiger partial charge is 0.341 e. The van der Waals surface area contributed by atoms with Crippen LogP contribution < -0.4 is 4.90 Å². The summed E-state index contributed by atoms with van der Waals surface area (Å²) in [6.07, 6.45) is 0.736. The third-order valence-electron chi connectivity index (χ3n) is 4.09. The van der Waals surface area contributed by atoms with Crippen molar-refractivity contribution in [2.75, 3.05) is 4.90 Å². The van der Waals surface area contributed by atoms with E-state index in [1.54, 1.807) is 4.90 Å². The van der Waals surface area contributed by atoms with Gasteiger partial charge in [0.05, 0.1) is 4.90 Å². The Bertz CT molecular complexity index is 879. The summed E-state index contributed by atoms with van der Waals surface area (Å²) in [5, 5.41) is 0. The van der Waals surface area contributed by atoms with Crippen molar-refractivity contribution < 1.29 is 22.0 Å². The van der Waals surface area contributed by atoms with Gasteiger partial charge in [0.2, 0.25) is 9.84 Å². The zero-order chi connectivity index (χ0) is 17.5. The zero-order valence-electron chi connectivity index (χ0n) is 12.8. The first kappa shape index (κ1) is 16.6. The molecule has 0 bridgehead atoms. The highest BCUT2D eigenvalue weighted by atomic mass is 32.2. The molecule has 1 atom stereocenters. The summed E-state index contributed by atoms with van der Waals surface area (Å²) in [7, 11) is -4.66. The second kappa shape index (κ2) is 5.98. The Morgan fingerprint density at radius 2 is 1.75 bits per heavy atom. The highest BCUT2D eigenvalue weighted by Crippen LogP contribution is 2.33. The van der Waals surface area contributed by atoms with Crippen molar-refractivity contribution in [1.82, 2.24) is 0 Å². The molecule has 0 radical (unpaired) electrons. The number of halogens is 2. The number of hydrogen-bond acceptors (Lipinski definition) is 3. The van der Waals surface area contributed by atoms with Gasteiger partial charge in [-0.05, 0) is 49.2 Å². The maximum atomic E-state index is 12.7. The van der Waals surface area contributed by atoms with Crippen LogP contribution in [-0.2, 0) is 16.3 Å². The summed E-state index contributed by atoms with van der Waals surface area (Å²) in [6.45, 7) is 1.92. The highest BCUT2D eigenvalue weighted by molar-refractivity contribution is 7.91. The number of carbonyl (C=O) groups excluding carboxylic acids is 1. The minimum absolute atomic E-state index is 0.0284. The summed E-state index contributed by atoms with van der Waals surface area (Å²) in [5.41, 5.74) is 2.14. The average molecular weight is 351 g/mol. The van der Waals surface area contributed by atoms with Crippen molar-refractivity contribution in [3.05, 3.63) is 59.7 Å². The van der Waals surface area contributed by atoms with Crippen molar-refractivity contribution in [1.29, 1.82) is 0 Å². The minimum Gasteiger partial charge on any atom is -0.305 e. The number of carbonyl (C=O) groups is 1. The van der Waals surface area contributed by atoms with Gasteiger partial charge in [-0.25, -0.2) is 8.42 Å². The van der Waals surface area contributed by atoms with E-state index in [0.29, 0.717) is 0 Å². The van der Waals surface area contributed by atoms with Crippen LogP contribution in [0.15, 0.2) is 53.4 Å². The lowest BCUT2D eigenvalue weighted by molar-refractivity contribution is 0.0981. The van der Waals surface area contributed by atoms with E-state index >= 15 is 0 Å². The number of nitrogens with zero attached hydrogens (tertiary/aromatic N) is 1. The van der Waals surface area contributed by atoms with Crippen molar-refractivity contribution in [3.63, 3.8) is 0 Å². The lowest BCUT2D eigenvalue weighted by atomic mass is 10.1. The Morgan fingerprint density at radius 3 is 2.38 bits per heavy atom. The second-order valence-electron chi connectivity index (χ2n) is 5.69. The minimum atomic E-state index is -4.66. The quantitative estimate of drug-likeness (QED) is 0.853. The van der Waals surface area contributed by atoms with E-state index in [-0.39, 0.29) is 17.5 Å². The van der Waals surface area contributed by atoms with Gasteiger partial charge < -0.3 is 4.90 Å². The number of fused-ring (bicyclic) bond motifs is 1. The third kappa shape index (κ3) is 2.69. The van der Waals surface area contributed by atoms with Crippen LogP contribution in [0.5, 0.6) is 0 Å². The van der Waals surface area contributed by atoms with Crippen LogP contribution in [0.1, 0.15) is 22.8 Å². The normalized spacial score (nSPS) is 17.2. The SMILES string of the molecule is C[C@@H]1Cc2ccccc2N1C(=O)c1ccc(S(=O)(=O)C(F)F)cc1. The van der Waals surface area contributed by atoms with Crippen molar-refractivity contribution >= 4 is 21.4 Å². The van der Waals surface area contributed by atoms with Crippen molar-refractivity contribution in [2.24, 2.45) is 0 Å². The molecule has 4 nitrogen and oxygen atoms in total. The number of sulfone groups is 1. The third-order valence-corrected chi connectivity index (χ3v) is 5.49. The predicted molar refractivity (Wildman–Crippen MR) is 86.0 cm³/mol. The smallest absolute Gasteiger partial charge is 0.305 e. The average Bonchev–Trinajstić information content (AvgIpc) is 2.90.